The second-order valence-electron chi connectivity index (χ2n) is 6.77. The Bertz CT molecular complexity index is 825. The second kappa shape index (κ2) is 10.8. The Balaban J connectivity index is 2.21. The van der Waals surface area contributed by atoms with Gasteiger partial charge in [0, 0.05) is 23.7 Å². The summed E-state index contributed by atoms with van der Waals surface area (Å²) in [4.78, 5) is 28.5. The van der Waals surface area contributed by atoms with Gasteiger partial charge in [-0.2, -0.15) is 0 Å². The molecule has 2 amide bonds. The fourth-order valence-corrected chi connectivity index (χ4v) is 3.50. The molecule has 0 fully saturated rings. The summed E-state index contributed by atoms with van der Waals surface area (Å²) < 4.78 is 5.28. The Hall–Kier alpha value is -2.57. The number of ether oxygens (including phenoxy) is 1. The summed E-state index contributed by atoms with van der Waals surface area (Å²) >= 11 is 6.04. The summed E-state index contributed by atoms with van der Waals surface area (Å²) in [7, 11) is 3.39. The number of amides is 2. The second-order valence-corrected chi connectivity index (χ2v) is 7.21. The molecule has 0 aromatic heterocycles. The Morgan fingerprint density at radius 2 is 1.79 bits per heavy atom. The van der Waals surface area contributed by atoms with Crippen LogP contribution in [0.25, 0.3) is 0 Å². The quantitative estimate of drug-likeness (QED) is 0.657. The molecule has 0 aliphatic heterocycles. The molecule has 2 aromatic rings. The molecule has 0 spiro atoms. The molecular formula is C22H29ClN3O3+. The van der Waals surface area contributed by atoms with E-state index >= 15 is 0 Å². The van der Waals surface area contributed by atoms with Gasteiger partial charge >= 0.3 is 0 Å². The first-order chi connectivity index (χ1) is 13.9. The maximum absolute atomic E-state index is 13.2. The highest BCUT2D eigenvalue weighted by atomic mass is 35.5. The minimum atomic E-state index is -0.469. The molecule has 1 unspecified atom stereocenters. The molecule has 2 atom stereocenters. The van der Waals surface area contributed by atoms with Crippen LogP contribution in [0.2, 0.25) is 5.02 Å². The lowest BCUT2D eigenvalue weighted by atomic mass is 10.0. The van der Waals surface area contributed by atoms with Gasteiger partial charge in [0.2, 0.25) is 0 Å². The van der Waals surface area contributed by atoms with E-state index < -0.39 is 6.04 Å². The molecule has 156 valence electrons. The van der Waals surface area contributed by atoms with Crippen LogP contribution in [0.4, 0.5) is 5.69 Å². The van der Waals surface area contributed by atoms with E-state index in [0.29, 0.717) is 29.5 Å². The van der Waals surface area contributed by atoms with Gasteiger partial charge < -0.3 is 19.9 Å². The summed E-state index contributed by atoms with van der Waals surface area (Å²) in [6.45, 7) is 5.27. The number of likely N-dealkylation sites (N-methyl/N-ethyl adjacent to an activating group) is 2. The third-order valence-corrected chi connectivity index (χ3v) is 5.06. The number of hydrogen-bond acceptors (Lipinski definition) is 3. The average molecular weight is 419 g/mol. The number of hydrogen-bond donors (Lipinski definition) is 2. The number of quaternary nitrogens is 1. The van der Waals surface area contributed by atoms with Crippen LogP contribution >= 0.6 is 11.6 Å². The van der Waals surface area contributed by atoms with Gasteiger partial charge in [-0.1, -0.05) is 41.9 Å². The van der Waals surface area contributed by atoms with Crippen LogP contribution in [0.5, 0.6) is 5.75 Å². The summed E-state index contributed by atoms with van der Waals surface area (Å²) in [5.74, 6) is 0.308. The predicted molar refractivity (Wildman–Crippen MR) is 115 cm³/mol. The normalized spacial score (nSPS) is 12.7. The summed E-state index contributed by atoms with van der Waals surface area (Å²) in [6.07, 6.45) is 0. The first-order valence-corrected chi connectivity index (χ1v) is 10.1. The summed E-state index contributed by atoms with van der Waals surface area (Å²) in [6, 6.07) is 14.1. The number of rotatable bonds is 9. The molecule has 2 aromatic carbocycles. The average Bonchev–Trinajstić information content (AvgIpc) is 2.70. The lowest BCUT2D eigenvalue weighted by Crippen LogP contribution is -3.11. The zero-order valence-electron chi connectivity index (χ0n) is 17.4. The number of nitrogens with zero attached hydrogens (tertiary/aromatic N) is 1. The van der Waals surface area contributed by atoms with Gasteiger partial charge in [0.05, 0.1) is 19.8 Å². The molecule has 0 aliphatic rings. The molecule has 0 saturated carbocycles. The Kier molecular flexibility index (Phi) is 8.49. The molecule has 0 radical (unpaired) electrons. The molecule has 2 N–H and O–H groups in total. The standard InChI is InChI=1S/C22H28ClN3O3/c1-5-26(6-2)22(28)21(16-10-8-7-9-11-16)25(3)15-20(27)24-18-14-17(23)12-13-19(18)29-4/h7-14,21H,5-6,15H2,1-4H3,(H,24,27)/p+1/t21-/m1/s1. The predicted octanol–water partition coefficient (Wildman–Crippen LogP) is 2.41. The number of halogens is 1. The van der Waals surface area contributed by atoms with Crippen LogP contribution in [0.15, 0.2) is 48.5 Å². The van der Waals surface area contributed by atoms with E-state index in [4.69, 9.17) is 16.3 Å². The monoisotopic (exact) mass is 418 g/mol. The van der Waals surface area contributed by atoms with Gasteiger partial charge in [0.15, 0.2) is 12.6 Å². The van der Waals surface area contributed by atoms with Crippen molar-refractivity contribution in [2.45, 2.75) is 19.9 Å². The van der Waals surface area contributed by atoms with Gasteiger partial charge in [-0.3, -0.25) is 9.59 Å². The summed E-state index contributed by atoms with van der Waals surface area (Å²) in [5.41, 5.74) is 1.39. The van der Waals surface area contributed by atoms with Gasteiger partial charge in [-0.15, -0.1) is 0 Å². The highest BCUT2D eigenvalue weighted by Gasteiger charge is 2.33. The van der Waals surface area contributed by atoms with Gasteiger partial charge in [0.1, 0.15) is 5.75 Å². The van der Waals surface area contributed by atoms with Crippen molar-refractivity contribution in [3.05, 3.63) is 59.1 Å². The van der Waals surface area contributed by atoms with E-state index in [0.717, 1.165) is 10.5 Å². The first-order valence-electron chi connectivity index (χ1n) is 9.70. The molecule has 6 nitrogen and oxygen atoms in total. The number of carbonyl (C=O) groups is 2. The molecule has 0 aliphatic carbocycles. The molecule has 29 heavy (non-hydrogen) atoms. The first kappa shape index (κ1) is 22.7. The number of methoxy groups -OCH3 is 1. The van der Waals surface area contributed by atoms with Crippen LogP contribution in [0, 0.1) is 0 Å². The zero-order valence-corrected chi connectivity index (χ0v) is 18.1. The molecule has 2 rings (SSSR count). The van der Waals surface area contributed by atoms with E-state index in [1.165, 1.54) is 7.11 Å². The van der Waals surface area contributed by atoms with E-state index in [9.17, 15) is 9.59 Å². The van der Waals surface area contributed by atoms with E-state index in [1.54, 1.807) is 23.1 Å². The zero-order chi connectivity index (χ0) is 21.4. The maximum atomic E-state index is 13.2. The Morgan fingerprint density at radius 1 is 1.14 bits per heavy atom. The van der Waals surface area contributed by atoms with Gasteiger partial charge in [0.25, 0.3) is 11.8 Å². The SMILES string of the molecule is CCN(CC)C(=O)[C@@H](c1ccccc1)[NH+](C)CC(=O)Nc1cc(Cl)ccc1OC. The summed E-state index contributed by atoms with van der Waals surface area (Å²) in [5, 5.41) is 3.34. The number of benzene rings is 2. The van der Waals surface area contributed by atoms with E-state index in [1.807, 2.05) is 51.2 Å². The van der Waals surface area contributed by atoms with Crippen molar-refractivity contribution >= 4 is 29.1 Å². The topological polar surface area (TPSA) is 63.1 Å². The molecule has 0 heterocycles. The number of carbonyl (C=O) groups excluding carboxylic acids is 2. The third-order valence-electron chi connectivity index (χ3n) is 4.82. The van der Waals surface area contributed by atoms with E-state index in [-0.39, 0.29) is 18.4 Å². The van der Waals surface area contributed by atoms with Crippen LogP contribution in [-0.2, 0) is 9.59 Å². The minimum absolute atomic E-state index is 0.00633. The van der Waals surface area contributed by atoms with Crippen LogP contribution in [0.1, 0.15) is 25.5 Å². The van der Waals surface area contributed by atoms with Crippen LogP contribution in [-0.4, -0.2) is 50.5 Å². The Labute approximate surface area is 177 Å². The van der Waals surface area contributed by atoms with Crippen molar-refractivity contribution in [1.29, 1.82) is 0 Å². The molecule has 0 saturated heterocycles. The smallest absolute Gasteiger partial charge is 0.285 e. The van der Waals surface area contributed by atoms with Crippen molar-refractivity contribution in [1.82, 2.24) is 4.90 Å². The van der Waals surface area contributed by atoms with Crippen molar-refractivity contribution in [3.8, 4) is 5.75 Å². The van der Waals surface area contributed by atoms with Gasteiger partial charge in [-0.05, 0) is 32.0 Å². The van der Waals surface area contributed by atoms with Crippen LogP contribution in [0.3, 0.4) is 0 Å². The minimum Gasteiger partial charge on any atom is -0.495 e. The lowest BCUT2D eigenvalue weighted by molar-refractivity contribution is -0.894. The molecular weight excluding hydrogens is 390 g/mol. The highest BCUT2D eigenvalue weighted by molar-refractivity contribution is 6.31. The number of nitrogens with one attached hydrogen (secondary N) is 2. The highest BCUT2D eigenvalue weighted by Crippen LogP contribution is 2.27. The maximum Gasteiger partial charge on any atom is 0.285 e. The van der Waals surface area contributed by atoms with Crippen molar-refractivity contribution < 1.29 is 19.2 Å². The van der Waals surface area contributed by atoms with Gasteiger partial charge in [-0.25, -0.2) is 0 Å². The Morgan fingerprint density at radius 3 is 2.38 bits per heavy atom. The fourth-order valence-electron chi connectivity index (χ4n) is 3.33. The van der Waals surface area contributed by atoms with Crippen molar-refractivity contribution in [3.63, 3.8) is 0 Å². The lowest BCUT2D eigenvalue weighted by Gasteiger charge is -2.29. The fraction of sp³-hybridized carbons (Fsp3) is 0.364. The molecule has 7 heteroatoms. The van der Waals surface area contributed by atoms with Crippen LogP contribution < -0.4 is 15.0 Å². The number of anilines is 1. The van der Waals surface area contributed by atoms with Crippen molar-refractivity contribution in [2.24, 2.45) is 0 Å². The largest absolute Gasteiger partial charge is 0.495 e. The van der Waals surface area contributed by atoms with E-state index in [2.05, 4.69) is 5.32 Å². The van der Waals surface area contributed by atoms with Crippen molar-refractivity contribution in [2.75, 3.05) is 39.1 Å². The molecule has 0 bridgehead atoms. The third kappa shape index (κ3) is 5.95.